The molecule has 0 fully saturated rings. The normalized spacial score (nSPS) is 13.9. The zero-order valence-corrected chi connectivity index (χ0v) is 19.2. The molecule has 0 aliphatic heterocycles. The molecule has 0 unspecified atom stereocenters. The molecule has 2 aromatic heterocycles. The van der Waals surface area contributed by atoms with Crippen LogP contribution in [0, 0.1) is 27.3 Å². The van der Waals surface area contributed by atoms with Gasteiger partial charge in [-0.1, -0.05) is 0 Å². The Balaban J connectivity index is 1.93. The van der Waals surface area contributed by atoms with Crippen molar-refractivity contribution in [2.45, 2.75) is 20.7 Å². The van der Waals surface area contributed by atoms with E-state index in [9.17, 15) is 0 Å². The van der Waals surface area contributed by atoms with Crippen molar-refractivity contribution < 1.29 is 11.4 Å². The standard InChI is InChI=1S/C28H23N2Se/c1-17-12-16-24(30(5)19(17)3)25-18(2)11-13-21-22-14-15-23(29-4)26(28(22)31-27(21)25)20-9-7-6-8-10-20/h6-16H,1-3,5H3/q+1/i1D3,12D,16D. The molecule has 0 aliphatic carbocycles. The van der Waals surface area contributed by atoms with Crippen molar-refractivity contribution in [2.75, 3.05) is 0 Å². The van der Waals surface area contributed by atoms with Gasteiger partial charge in [0.1, 0.15) is 0 Å². The Morgan fingerprint density at radius 1 is 0.903 bits per heavy atom. The maximum absolute atomic E-state index is 8.86. The Morgan fingerprint density at radius 2 is 1.61 bits per heavy atom. The van der Waals surface area contributed by atoms with Crippen LogP contribution in [0.4, 0.5) is 5.69 Å². The molecule has 31 heavy (non-hydrogen) atoms. The van der Waals surface area contributed by atoms with Crippen LogP contribution in [0.1, 0.15) is 23.7 Å². The van der Waals surface area contributed by atoms with Crippen LogP contribution in [-0.2, 0) is 7.05 Å². The number of pyridine rings is 1. The second kappa shape index (κ2) is 7.50. The first-order chi connectivity index (χ1) is 17.1. The quantitative estimate of drug-likeness (QED) is 0.154. The molecule has 0 saturated carbocycles. The van der Waals surface area contributed by atoms with Crippen LogP contribution in [0.25, 0.3) is 46.5 Å². The van der Waals surface area contributed by atoms with E-state index in [4.69, 9.17) is 13.4 Å². The van der Waals surface area contributed by atoms with Gasteiger partial charge < -0.3 is 0 Å². The van der Waals surface area contributed by atoms with Crippen molar-refractivity contribution in [3.05, 3.63) is 94.9 Å². The van der Waals surface area contributed by atoms with Gasteiger partial charge in [0.15, 0.2) is 0 Å². The minimum absolute atomic E-state index is 0.0779. The minimum atomic E-state index is -2.47. The summed E-state index contributed by atoms with van der Waals surface area (Å²) in [5.74, 6) is 0. The average molecular weight is 471 g/mol. The molecule has 0 N–H and O–H groups in total. The van der Waals surface area contributed by atoms with E-state index in [0.717, 1.165) is 41.5 Å². The molecule has 150 valence electrons. The van der Waals surface area contributed by atoms with E-state index in [1.165, 1.54) is 0 Å². The van der Waals surface area contributed by atoms with Crippen molar-refractivity contribution in [2.24, 2.45) is 7.05 Å². The molecule has 0 aliphatic rings. The summed E-state index contributed by atoms with van der Waals surface area (Å²) >= 11 is -0.157. The third-order valence-electron chi connectivity index (χ3n) is 5.92. The van der Waals surface area contributed by atoms with E-state index in [0.29, 0.717) is 17.1 Å². The molecule has 5 aromatic rings. The maximum atomic E-state index is 8.86. The molecule has 3 aromatic carbocycles. The van der Waals surface area contributed by atoms with Crippen molar-refractivity contribution in [3.63, 3.8) is 0 Å². The van der Waals surface area contributed by atoms with Crippen LogP contribution in [0.15, 0.2) is 66.7 Å². The third kappa shape index (κ3) is 3.03. The fourth-order valence-corrected chi connectivity index (χ4v) is 7.20. The summed E-state index contributed by atoms with van der Waals surface area (Å²) in [4.78, 5) is 3.82. The van der Waals surface area contributed by atoms with Crippen molar-refractivity contribution in [3.8, 4) is 22.4 Å². The summed E-state index contributed by atoms with van der Waals surface area (Å²) in [5.41, 5.74) is 5.37. The van der Waals surface area contributed by atoms with Gasteiger partial charge in [-0.25, -0.2) is 0 Å². The second-order valence-corrected chi connectivity index (χ2v) is 9.81. The molecule has 2 nitrogen and oxygen atoms in total. The Hall–Kier alpha value is -3.18. The Morgan fingerprint density at radius 3 is 2.32 bits per heavy atom. The van der Waals surface area contributed by atoms with E-state index in [1.54, 1.807) is 18.5 Å². The van der Waals surface area contributed by atoms with Gasteiger partial charge in [-0.15, -0.1) is 0 Å². The molecule has 0 atom stereocenters. The van der Waals surface area contributed by atoms with E-state index in [-0.39, 0.29) is 32.2 Å². The van der Waals surface area contributed by atoms with Gasteiger partial charge in [0.05, 0.1) is 0 Å². The van der Waals surface area contributed by atoms with Crippen LogP contribution in [0.2, 0.25) is 0 Å². The van der Waals surface area contributed by atoms with Crippen LogP contribution in [0.5, 0.6) is 0 Å². The summed E-state index contributed by atoms with van der Waals surface area (Å²) in [6.45, 7) is 9.01. The molecule has 0 radical (unpaired) electrons. The molecule has 0 spiro atoms. The van der Waals surface area contributed by atoms with Gasteiger partial charge in [-0.3, -0.25) is 0 Å². The molecule has 5 rings (SSSR count). The first kappa shape index (κ1) is 14.8. The third-order valence-corrected chi connectivity index (χ3v) is 8.56. The number of aromatic nitrogens is 1. The van der Waals surface area contributed by atoms with E-state index >= 15 is 0 Å². The molecule has 0 bridgehead atoms. The van der Waals surface area contributed by atoms with Gasteiger partial charge in [-0.05, 0) is 0 Å². The zero-order chi connectivity index (χ0) is 25.9. The molecule has 0 amide bonds. The van der Waals surface area contributed by atoms with Crippen LogP contribution in [-0.4, -0.2) is 14.5 Å². The van der Waals surface area contributed by atoms with Crippen LogP contribution < -0.4 is 4.57 Å². The number of rotatable bonds is 2. The van der Waals surface area contributed by atoms with Gasteiger partial charge in [0.25, 0.3) is 0 Å². The summed E-state index contributed by atoms with van der Waals surface area (Å²) in [5, 5.41) is 2.16. The Labute approximate surface area is 196 Å². The fourth-order valence-electron chi connectivity index (χ4n) is 4.12. The number of hydrogen-bond acceptors (Lipinski definition) is 0. The van der Waals surface area contributed by atoms with Gasteiger partial charge in [-0.2, -0.15) is 0 Å². The van der Waals surface area contributed by atoms with Gasteiger partial charge in [0, 0.05) is 0 Å². The van der Waals surface area contributed by atoms with Crippen LogP contribution in [0.3, 0.4) is 0 Å². The van der Waals surface area contributed by atoms with Gasteiger partial charge in [0.2, 0.25) is 0 Å². The first-order valence-electron chi connectivity index (χ1n) is 12.5. The SMILES string of the molecule is [2H]c1c([2H])c(-c2c(C)ccc3c2[se]c2c(-c4ccccc4)c([N+]#[C-])ccc23)[n+](C)c(C)c1C([2H])([2H])[2H]. The van der Waals surface area contributed by atoms with E-state index in [2.05, 4.69) is 10.9 Å². The molecular weight excluding hydrogens is 443 g/mol. The second-order valence-electron chi connectivity index (χ2n) is 7.67. The number of nitrogens with zero attached hydrogens (tertiary/aromatic N) is 2. The Bertz CT molecular complexity index is 1700. The molecule has 2 heterocycles. The number of benzene rings is 3. The zero-order valence-electron chi connectivity index (χ0n) is 22.5. The van der Waals surface area contributed by atoms with Crippen molar-refractivity contribution in [1.29, 1.82) is 0 Å². The summed E-state index contributed by atoms with van der Waals surface area (Å²) in [7, 11) is 1.78. The molecule has 3 heteroatoms. The topological polar surface area (TPSA) is 8.24 Å². The summed E-state index contributed by atoms with van der Waals surface area (Å²) < 4.78 is 45.2. The van der Waals surface area contributed by atoms with E-state index < -0.39 is 6.85 Å². The average Bonchev–Trinajstić information content (AvgIpc) is 3.22. The molecule has 0 saturated heterocycles. The molecular formula is C28H23N2Se+. The van der Waals surface area contributed by atoms with Crippen LogP contribution >= 0.6 is 0 Å². The van der Waals surface area contributed by atoms with Crippen molar-refractivity contribution >= 4 is 39.5 Å². The number of hydrogen-bond donors (Lipinski definition) is 0. The monoisotopic (exact) mass is 472 g/mol. The fraction of sp³-hybridized carbons (Fsp3) is 0.143. The summed E-state index contributed by atoms with van der Waals surface area (Å²) in [6.07, 6.45) is 0. The van der Waals surface area contributed by atoms with Crippen molar-refractivity contribution in [1.82, 2.24) is 0 Å². The van der Waals surface area contributed by atoms with Gasteiger partial charge >= 0.3 is 196 Å². The first-order valence-corrected chi connectivity index (χ1v) is 11.7. The number of aryl methyl sites for hydroxylation is 1. The Kier molecular flexibility index (Phi) is 3.57. The predicted molar refractivity (Wildman–Crippen MR) is 131 cm³/mol. The van der Waals surface area contributed by atoms with E-state index in [1.807, 2.05) is 55.5 Å². The number of fused-ring (bicyclic) bond motifs is 3. The predicted octanol–water partition coefficient (Wildman–Crippen LogP) is 6.68. The summed E-state index contributed by atoms with van der Waals surface area (Å²) in [6, 6.07) is 17.7.